The van der Waals surface area contributed by atoms with E-state index >= 15 is 0 Å². The van der Waals surface area contributed by atoms with E-state index in [1.165, 1.54) is 0 Å². The Labute approximate surface area is 113 Å². The van der Waals surface area contributed by atoms with Gasteiger partial charge in [-0.2, -0.15) is 15.4 Å². The van der Waals surface area contributed by atoms with Crippen molar-refractivity contribution in [2.45, 2.75) is 20.3 Å². The number of hydrogen-bond acceptors (Lipinski definition) is 5. The molecule has 6 nitrogen and oxygen atoms in total. The molecule has 0 fully saturated rings. The Kier molecular flexibility index (Phi) is 3.87. The Balaban J connectivity index is 2.39. The topological polar surface area (TPSA) is 79.4 Å². The maximum absolute atomic E-state index is 4.46. The van der Waals surface area contributed by atoms with Gasteiger partial charge in [-0.15, -0.1) is 0 Å². The molecule has 90 valence electrons. The van der Waals surface area contributed by atoms with Crippen molar-refractivity contribution in [2.75, 3.05) is 11.9 Å². The zero-order valence-electron chi connectivity index (χ0n) is 9.66. The van der Waals surface area contributed by atoms with Gasteiger partial charge in [-0.3, -0.25) is 0 Å². The third-order valence-electron chi connectivity index (χ3n) is 2.20. The van der Waals surface area contributed by atoms with Crippen LogP contribution in [-0.4, -0.2) is 31.9 Å². The van der Waals surface area contributed by atoms with Gasteiger partial charge in [0.2, 0.25) is 0 Å². The summed E-state index contributed by atoms with van der Waals surface area (Å²) in [5.74, 6) is 1.45. The normalized spacial score (nSPS) is 10.5. The molecule has 0 bridgehead atoms. The molecule has 0 aliphatic rings. The van der Waals surface area contributed by atoms with Gasteiger partial charge < -0.3 is 5.32 Å². The first-order chi connectivity index (χ1) is 8.22. The molecule has 0 aliphatic heterocycles. The van der Waals surface area contributed by atoms with E-state index in [2.05, 4.69) is 60.2 Å². The van der Waals surface area contributed by atoms with Crippen molar-refractivity contribution in [2.24, 2.45) is 0 Å². The molecule has 7 heteroatoms. The second kappa shape index (κ2) is 5.39. The van der Waals surface area contributed by atoms with E-state index in [9.17, 15) is 0 Å². The predicted octanol–water partition coefficient (Wildman–Crippen LogP) is 2.00. The van der Waals surface area contributed by atoms with Gasteiger partial charge in [-0.05, 0) is 35.9 Å². The zero-order chi connectivity index (χ0) is 12.3. The molecule has 0 amide bonds. The zero-order valence-corrected chi connectivity index (χ0v) is 11.8. The van der Waals surface area contributed by atoms with Crippen molar-refractivity contribution in [3.05, 3.63) is 15.5 Å². The molecule has 2 aromatic heterocycles. The molecule has 0 saturated heterocycles. The first-order valence-corrected chi connectivity index (χ1v) is 6.44. The van der Waals surface area contributed by atoms with Crippen molar-refractivity contribution in [1.29, 1.82) is 0 Å². The van der Waals surface area contributed by atoms with Gasteiger partial charge in [0.05, 0.1) is 15.5 Å². The number of aryl methyl sites for hydroxylation is 1. The summed E-state index contributed by atoms with van der Waals surface area (Å²) in [6.07, 6.45) is 2.67. The lowest BCUT2D eigenvalue weighted by Gasteiger charge is -2.09. The largest absolute Gasteiger partial charge is 0.369 e. The summed E-state index contributed by atoms with van der Waals surface area (Å²) in [6.45, 7) is 4.97. The second-order valence-electron chi connectivity index (χ2n) is 3.58. The highest BCUT2D eigenvalue weighted by molar-refractivity contribution is 14.1. The first-order valence-electron chi connectivity index (χ1n) is 5.36. The van der Waals surface area contributed by atoms with Crippen molar-refractivity contribution < 1.29 is 0 Å². The number of nitrogens with zero attached hydrogens (tertiary/aromatic N) is 4. The molecule has 0 saturated carbocycles. The molecule has 2 rings (SSSR count). The van der Waals surface area contributed by atoms with Crippen LogP contribution in [0.4, 0.5) is 5.82 Å². The number of aromatic nitrogens is 5. The predicted molar refractivity (Wildman–Crippen MR) is 73.6 cm³/mol. The molecule has 0 spiro atoms. The van der Waals surface area contributed by atoms with Crippen molar-refractivity contribution >= 4 is 28.4 Å². The van der Waals surface area contributed by atoms with Gasteiger partial charge in [-0.25, -0.2) is 9.97 Å². The Hall–Kier alpha value is -1.25. The summed E-state index contributed by atoms with van der Waals surface area (Å²) in [7, 11) is 0. The molecular formula is C10H13IN6. The molecule has 2 heterocycles. The number of halogens is 1. The summed E-state index contributed by atoms with van der Waals surface area (Å²) in [5, 5.41) is 13.6. The lowest BCUT2D eigenvalue weighted by molar-refractivity contribution is 0.933. The number of H-pyrrole nitrogens is 1. The van der Waals surface area contributed by atoms with Crippen LogP contribution in [0.1, 0.15) is 19.0 Å². The standard InChI is InChI=1S/C10H13IN6/c1-3-4-12-10-8(11)6(2)14-9(15-10)7-5-13-17-16-7/h5H,3-4H2,1-2H3,(H,12,14,15)(H,13,16,17). The monoisotopic (exact) mass is 344 g/mol. The van der Waals surface area contributed by atoms with E-state index in [0.29, 0.717) is 11.5 Å². The number of rotatable bonds is 4. The SMILES string of the molecule is CCCNc1nc(-c2cn[nH]n2)nc(C)c1I. The van der Waals surface area contributed by atoms with Crippen LogP contribution in [0.25, 0.3) is 11.5 Å². The van der Waals surface area contributed by atoms with Gasteiger partial charge in [0.25, 0.3) is 0 Å². The van der Waals surface area contributed by atoms with Gasteiger partial charge in [0.1, 0.15) is 11.5 Å². The molecule has 2 N–H and O–H groups in total. The fraction of sp³-hybridized carbons (Fsp3) is 0.400. The fourth-order valence-electron chi connectivity index (χ4n) is 1.34. The molecular weight excluding hydrogens is 331 g/mol. The van der Waals surface area contributed by atoms with E-state index in [-0.39, 0.29) is 0 Å². The number of anilines is 1. The molecule has 2 aromatic rings. The van der Waals surface area contributed by atoms with Gasteiger partial charge in [-0.1, -0.05) is 6.92 Å². The van der Waals surface area contributed by atoms with Crippen LogP contribution in [0.2, 0.25) is 0 Å². The van der Waals surface area contributed by atoms with E-state index in [0.717, 1.165) is 28.0 Å². The van der Waals surface area contributed by atoms with Crippen LogP contribution < -0.4 is 5.32 Å². The van der Waals surface area contributed by atoms with Crippen LogP contribution in [0.15, 0.2) is 6.20 Å². The fourth-order valence-corrected chi connectivity index (χ4v) is 1.78. The molecule has 0 aromatic carbocycles. The van der Waals surface area contributed by atoms with Crippen molar-refractivity contribution in [1.82, 2.24) is 25.4 Å². The number of aromatic amines is 1. The smallest absolute Gasteiger partial charge is 0.184 e. The molecule has 0 unspecified atom stereocenters. The van der Waals surface area contributed by atoms with Crippen molar-refractivity contribution in [3.8, 4) is 11.5 Å². The quantitative estimate of drug-likeness (QED) is 0.830. The second-order valence-corrected chi connectivity index (χ2v) is 4.66. The lowest BCUT2D eigenvalue weighted by atomic mass is 10.3. The van der Waals surface area contributed by atoms with Crippen LogP contribution in [-0.2, 0) is 0 Å². The van der Waals surface area contributed by atoms with Gasteiger partial charge in [0.15, 0.2) is 5.82 Å². The lowest BCUT2D eigenvalue weighted by Crippen LogP contribution is -2.07. The summed E-state index contributed by atoms with van der Waals surface area (Å²) in [4.78, 5) is 8.86. The highest BCUT2D eigenvalue weighted by atomic mass is 127. The minimum Gasteiger partial charge on any atom is -0.369 e. The van der Waals surface area contributed by atoms with Crippen molar-refractivity contribution in [3.63, 3.8) is 0 Å². The average molecular weight is 344 g/mol. The molecule has 0 aliphatic carbocycles. The summed E-state index contributed by atoms with van der Waals surface area (Å²) in [6, 6.07) is 0. The Morgan fingerprint density at radius 1 is 1.41 bits per heavy atom. The van der Waals surface area contributed by atoms with Crippen LogP contribution >= 0.6 is 22.6 Å². The summed E-state index contributed by atoms with van der Waals surface area (Å²) < 4.78 is 1.04. The highest BCUT2D eigenvalue weighted by Crippen LogP contribution is 2.22. The van der Waals surface area contributed by atoms with Gasteiger partial charge >= 0.3 is 0 Å². The Morgan fingerprint density at radius 3 is 2.88 bits per heavy atom. The maximum atomic E-state index is 4.46. The summed E-state index contributed by atoms with van der Waals surface area (Å²) in [5.41, 5.74) is 1.60. The third kappa shape index (κ3) is 2.71. The average Bonchev–Trinajstić information content (AvgIpc) is 2.84. The molecule has 0 atom stereocenters. The number of hydrogen-bond donors (Lipinski definition) is 2. The van der Waals surface area contributed by atoms with E-state index in [1.54, 1.807) is 6.20 Å². The van der Waals surface area contributed by atoms with Gasteiger partial charge in [0, 0.05) is 6.54 Å². The van der Waals surface area contributed by atoms with E-state index in [1.807, 2.05) is 6.92 Å². The molecule has 17 heavy (non-hydrogen) atoms. The first kappa shape index (κ1) is 12.2. The third-order valence-corrected chi connectivity index (χ3v) is 3.49. The van der Waals surface area contributed by atoms with E-state index < -0.39 is 0 Å². The Morgan fingerprint density at radius 2 is 2.24 bits per heavy atom. The van der Waals surface area contributed by atoms with Crippen LogP contribution in [0.5, 0.6) is 0 Å². The Bertz CT molecular complexity index is 496. The van der Waals surface area contributed by atoms with Crippen LogP contribution in [0.3, 0.4) is 0 Å². The highest BCUT2D eigenvalue weighted by Gasteiger charge is 2.11. The van der Waals surface area contributed by atoms with E-state index in [4.69, 9.17) is 0 Å². The minimum atomic E-state index is 0.593. The number of nitrogens with one attached hydrogen (secondary N) is 2. The van der Waals surface area contributed by atoms with Crippen LogP contribution in [0, 0.1) is 10.5 Å². The summed E-state index contributed by atoms with van der Waals surface area (Å²) >= 11 is 2.25. The molecule has 0 radical (unpaired) electrons. The maximum Gasteiger partial charge on any atom is 0.184 e. The minimum absolute atomic E-state index is 0.593.